The van der Waals surface area contributed by atoms with Gasteiger partial charge in [-0.3, -0.25) is 4.79 Å². The molecule has 0 aliphatic rings. The Bertz CT molecular complexity index is 933. The van der Waals surface area contributed by atoms with Crippen molar-refractivity contribution in [3.05, 3.63) is 59.2 Å². The average molecular weight is 413 g/mol. The summed E-state index contributed by atoms with van der Waals surface area (Å²) in [6.45, 7) is 0. The molecular formula is C15H9F6NO4S. The van der Waals surface area contributed by atoms with Crippen molar-refractivity contribution in [1.29, 1.82) is 0 Å². The molecule has 0 bridgehead atoms. The maximum Gasteiger partial charge on any atom is 0.416 e. The number of halogens is 6. The molecule has 0 unspecified atom stereocenters. The van der Waals surface area contributed by atoms with Gasteiger partial charge in [-0.2, -0.15) is 34.8 Å². The normalized spacial score (nSPS) is 12.7. The molecule has 146 valence electrons. The maximum absolute atomic E-state index is 12.8. The second kappa shape index (κ2) is 6.76. The monoisotopic (exact) mass is 413 g/mol. The van der Waals surface area contributed by atoms with Crippen molar-refractivity contribution in [3.63, 3.8) is 0 Å². The Morgan fingerprint density at radius 2 is 1.30 bits per heavy atom. The summed E-state index contributed by atoms with van der Waals surface area (Å²) in [5.41, 5.74) is 1.46. The van der Waals surface area contributed by atoms with Crippen LogP contribution in [0.15, 0.2) is 47.4 Å². The molecule has 2 rings (SSSR count). The molecule has 0 atom stereocenters. The van der Waals surface area contributed by atoms with E-state index in [2.05, 4.69) is 4.18 Å². The minimum absolute atomic E-state index is 0.0626. The second-order valence-electron chi connectivity index (χ2n) is 5.17. The van der Waals surface area contributed by atoms with Crippen LogP contribution in [0.2, 0.25) is 0 Å². The van der Waals surface area contributed by atoms with Gasteiger partial charge in [0.1, 0.15) is 10.6 Å². The highest BCUT2D eigenvalue weighted by Crippen LogP contribution is 2.38. The van der Waals surface area contributed by atoms with E-state index in [0.717, 1.165) is 24.3 Å². The molecule has 0 radical (unpaired) electrons. The summed E-state index contributed by atoms with van der Waals surface area (Å²) in [5, 5.41) is 0. The maximum atomic E-state index is 12.8. The number of rotatable bonds is 4. The zero-order chi connectivity index (χ0) is 20.6. The summed E-state index contributed by atoms with van der Waals surface area (Å²) in [4.78, 5) is 10.3. The number of alkyl halides is 6. The zero-order valence-electron chi connectivity index (χ0n) is 12.9. The molecule has 2 N–H and O–H groups in total. The van der Waals surface area contributed by atoms with Crippen LogP contribution in [0.5, 0.6) is 5.75 Å². The highest BCUT2D eigenvalue weighted by Gasteiger charge is 2.37. The lowest BCUT2D eigenvalue weighted by atomic mass is 10.1. The van der Waals surface area contributed by atoms with Crippen LogP contribution in [0.3, 0.4) is 0 Å². The van der Waals surface area contributed by atoms with Crippen LogP contribution in [-0.4, -0.2) is 14.3 Å². The number of primary amides is 1. The molecule has 0 aliphatic heterocycles. The summed E-state index contributed by atoms with van der Waals surface area (Å²) in [5.74, 6) is -2.04. The predicted molar refractivity (Wildman–Crippen MR) is 79.2 cm³/mol. The first-order chi connectivity index (χ1) is 12.2. The molecule has 27 heavy (non-hydrogen) atoms. The summed E-state index contributed by atoms with van der Waals surface area (Å²) in [7, 11) is -4.77. The van der Waals surface area contributed by atoms with Crippen LogP contribution in [0, 0.1) is 0 Å². The Kier molecular flexibility index (Phi) is 5.14. The molecule has 0 saturated carbocycles. The average Bonchev–Trinajstić information content (AvgIpc) is 2.52. The zero-order valence-corrected chi connectivity index (χ0v) is 13.7. The van der Waals surface area contributed by atoms with E-state index in [0.29, 0.717) is 0 Å². The van der Waals surface area contributed by atoms with E-state index in [-0.39, 0.29) is 23.8 Å². The topological polar surface area (TPSA) is 86.5 Å². The first-order valence-corrected chi connectivity index (χ1v) is 8.25. The third kappa shape index (κ3) is 4.90. The molecule has 5 nitrogen and oxygen atoms in total. The van der Waals surface area contributed by atoms with Gasteiger partial charge in [0.2, 0.25) is 5.91 Å². The van der Waals surface area contributed by atoms with Crippen LogP contribution < -0.4 is 9.92 Å². The van der Waals surface area contributed by atoms with E-state index < -0.39 is 50.1 Å². The van der Waals surface area contributed by atoms with Crippen molar-refractivity contribution >= 4 is 16.0 Å². The fourth-order valence-corrected chi connectivity index (χ4v) is 2.85. The standard InChI is InChI=1S/C15H9F6NO4S/c16-14(17,18)9-5-10(15(19,20)21)7-11(6-9)26-27(24,25)12-3-1-8(2-4-12)13(22)23/h1-7H,(H2,22,23). The highest BCUT2D eigenvalue weighted by molar-refractivity contribution is 7.87. The SMILES string of the molecule is NC(=O)c1ccc(S(=O)(=O)Oc2cc(C(F)(F)F)cc(C(F)(F)F)c2)cc1. The van der Waals surface area contributed by atoms with Gasteiger partial charge in [-0.05, 0) is 42.5 Å². The molecule has 0 saturated heterocycles. The second-order valence-corrected chi connectivity index (χ2v) is 6.71. The van der Waals surface area contributed by atoms with Crippen LogP contribution in [-0.2, 0) is 22.5 Å². The molecule has 1 amide bonds. The van der Waals surface area contributed by atoms with Gasteiger partial charge in [0.05, 0.1) is 11.1 Å². The minimum atomic E-state index is -5.16. The number of hydrogen-bond donors (Lipinski definition) is 1. The molecule has 0 spiro atoms. The molecule has 0 aromatic heterocycles. The smallest absolute Gasteiger partial charge is 0.379 e. The summed E-state index contributed by atoms with van der Waals surface area (Å²) >= 11 is 0. The molecule has 0 fully saturated rings. The summed E-state index contributed by atoms with van der Waals surface area (Å²) in [6.07, 6.45) is -10.3. The molecule has 2 aromatic rings. The lowest BCUT2D eigenvalue weighted by Gasteiger charge is -2.14. The lowest BCUT2D eigenvalue weighted by Crippen LogP contribution is -2.15. The van der Waals surface area contributed by atoms with Crippen LogP contribution in [0.25, 0.3) is 0 Å². The van der Waals surface area contributed by atoms with E-state index in [9.17, 15) is 39.6 Å². The fraction of sp³-hybridized carbons (Fsp3) is 0.133. The van der Waals surface area contributed by atoms with Gasteiger partial charge in [-0.15, -0.1) is 0 Å². The Balaban J connectivity index is 2.47. The van der Waals surface area contributed by atoms with E-state index in [4.69, 9.17) is 5.73 Å². The Hall–Kier alpha value is -2.76. The quantitative estimate of drug-likeness (QED) is 0.613. The van der Waals surface area contributed by atoms with Gasteiger partial charge in [-0.25, -0.2) is 0 Å². The van der Waals surface area contributed by atoms with Crippen molar-refractivity contribution in [2.75, 3.05) is 0 Å². The molecular weight excluding hydrogens is 404 g/mol. The molecule has 12 heteroatoms. The van der Waals surface area contributed by atoms with Gasteiger partial charge in [0.15, 0.2) is 0 Å². The van der Waals surface area contributed by atoms with Crippen molar-refractivity contribution in [2.45, 2.75) is 17.2 Å². The predicted octanol–water partition coefficient (Wildman–Crippen LogP) is 3.59. The van der Waals surface area contributed by atoms with Crippen molar-refractivity contribution in [2.24, 2.45) is 5.73 Å². The lowest BCUT2D eigenvalue weighted by molar-refractivity contribution is -0.143. The van der Waals surface area contributed by atoms with E-state index in [1.807, 2.05) is 0 Å². The molecule has 0 aliphatic carbocycles. The van der Waals surface area contributed by atoms with Crippen LogP contribution >= 0.6 is 0 Å². The number of carbonyl (C=O) groups excluding carboxylic acids is 1. The Morgan fingerprint density at radius 1 is 0.852 bits per heavy atom. The van der Waals surface area contributed by atoms with Crippen molar-refractivity contribution in [1.82, 2.24) is 0 Å². The minimum Gasteiger partial charge on any atom is -0.379 e. The molecule has 2 aromatic carbocycles. The third-order valence-corrected chi connectivity index (χ3v) is 4.46. The first kappa shape index (κ1) is 20.6. The fourth-order valence-electron chi connectivity index (χ4n) is 1.94. The highest BCUT2D eigenvalue weighted by atomic mass is 32.2. The van der Waals surface area contributed by atoms with Crippen molar-refractivity contribution < 1.29 is 43.7 Å². The molecule has 0 heterocycles. The van der Waals surface area contributed by atoms with Crippen LogP contribution in [0.4, 0.5) is 26.3 Å². The van der Waals surface area contributed by atoms with E-state index >= 15 is 0 Å². The third-order valence-electron chi connectivity index (χ3n) is 3.19. The Labute approximate surface area is 148 Å². The summed E-state index contributed by atoms with van der Waals surface area (Å²) < 4.78 is 105. The van der Waals surface area contributed by atoms with Crippen molar-refractivity contribution in [3.8, 4) is 5.75 Å². The number of carbonyl (C=O) groups is 1. The first-order valence-electron chi connectivity index (χ1n) is 6.84. The van der Waals surface area contributed by atoms with Gasteiger partial charge < -0.3 is 9.92 Å². The van der Waals surface area contributed by atoms with Gasteiger partial charge in [0, 0.05) is 5.56 Å². The number of benzene rings is 2. The van der Waals surface area contributed by atoms with E-state index in [1.165, 1.54) is 0 Å². The number of amides is 1. The number of hydrogen-bond acceptors (Lipinski definition) is 4. The number of nitrogens with two attached hydrogens (primary N) is 1. The largest absolute Gasteiger partial charge is 0.416 e. The summed E-state index contributed by atoms with van der Waals surface area (Å²) in [6, 6.07) is 3.84. The van der Waals surface area contributed by atoms with Gasteiger partial charge >= 0.3 is 22.5 Å². The van der Waals surface area contributed by atoms with E-state index in [1.54, 1.807) is 0 Å². The van der Waals surface area contributed by atoms with Crippen LogP contribution in [0.1, 0.15) is 21.5 Å². The van der Waals surface area contributed by atoms with Gasteiger partial charge in [0.25, 0.3) is 0 Å². The Morgan fingerprint density at radius 3 is 1.67 bits per heavy atom. The van der Waals surface area contributed by atoms with Gasteiger partial charge in [-0.1, -0.05) is 0 Å².